The van der Waals surface area contributed by atoms with Crippen LogP contribution < -0.4 is 0 Å². The fourth-order valence-electron chi connectivity index (χ4n) is 5.64. The molecule has 1 saturated heterocycles. The van der Waals surface area contributed by atoms with Gasteiger partial charge >= 0.3 is 0 Å². The number of halogens is 1. The van der Waals surface area contributed by atoms with Gasteiger partial charge in [-0.15, -0.1) is 0 Å². The summed E-state index contributed by atoms with van der Waals surface area (Å²) in [6, 6.07) is 17.2. The van der Waals surface area contributed by atoms with Crippen LogP contribution in [0, 0.1) is 5.82 Å². The minimum atomic E-state index is -0.501. The van der Waals surface area contributed by atoms with Crippen LogP contribution in [0.4, 0.5) is 4.39 Å². The first-order valence-electron chi connectivity index (χ1n) is 12.1. The molecule has 1 aliphatic carbocycles. The highest BCUT2D eigenvalue weighted by molar-refractivity contribution is 6.15. The Hall–Kier alpha value is -2.53. The van der Waals surface area contributed by atoms with Crippen molar-refractivity contribution in [3.63, 3.8) is 0 Å². The number of aliphatic imine (C=N–C) groups is 1. The van der Waals surface area contributed by atoms with Gasteiger partial charge in [0.15, 0.2) is 0 Å². The molecule has 2 fully saturated rings. The molecule has 168 valence electrons. The molecule has 1 saturated carbocycles. The Morgan fingerprint density at radius 2 is 1.62 bits per heavy atom. The van der Waals surface area contributed by atoms with Crippen molar-refractivity contribution in [3.05, 3.63) is 71.5 Å². The highest BCUT2D eigenvalue weighted by Gasteiger charge is 2.49. The van der Waals surface area contributed by atoms with Crippen LogP contribution in [0.5, 0.6) is 0 Å². The van der Waals surface area contributed by atoms with E-state index in [1.54, 1.807) is 12.1 Å². The smallest absolute Gasteiger partial charge is 0.256 e. The fourth-order valence-corrected chi connectivity index (χ4v) is 5.64. The van der Waals surface area contributed by atoms with Crippen LogP contribution in [-0.4, -0.2) is 53.3 Å². The Bertz CT molecular complexity index is 958. The topological polar surface area (TPSA) is 35.9 Å². The van der Waals surface area contributed by atoms with Crippen LogP contribution in [0.1, 0.15) is 62.0 Å². The van der Waals surface area contributed by atoms with Crippen molar-refractivity contribution in [1.82, 2.24) is 9.80 Å². The van der Waals surface area contributed by atoms with Crippen molar-refractivity contribution >= 4 is 11.7 Å². The van der Waals surface area contributed by atoms with Crippen LogP contribution in [-0.2, 0) is 4.79 Å². The zero-order chi connectivity index (χ0) is 22.0. The lowest BCUT2D eigenvalue weighted by atomic mass is 9.89. The minimum absolute atomic E-state index is 0.166. The molecule has 5 rings (SSSR count). The second-order valence-corrected chi connectivity index (χ2v) is 9.52. The maximum Gasteiger partial charge on any atom is 0.256 e. The van der Waals surface area contributed by atoms with Crippen molar-refractivity contribution in [2.24, 2.45) is 4.99 Å². The SMILES string of the molecule is O=C1N(CCCN2CCC(c3ccc(F)cc3)CC2)C(c2ccccc2)=NC12CCCC2. The molecule has 5 heteroatoms. The normalized spacial score (nSPS) is 21.5. The van der Waals surface area contributed by atoms with Crippen LogP contribution in [0.25, 0.3) is 0 Å². The molecule has 0 radical (unpaired) electrons. The second-order valence-electron chi connectivity index (χ2n) is 9.52. The zero-order valence-electron chi connectivity index (χ0n) is 18.7. The summed E-state index contributed by atoms with van der Waals surface area (Å²) in [5.41, 5.74) is 1.79. The summed E-state index contributed by atoms with van der Waals surface area (Å²) in [7, 11) is 0. The molecule has 2 aliphatic heterocycles. The van der Waals surface area contributed by atoms with E-state index in [1.165, 1.54) is 5.56 Å². The largest absolute Gasteiger partial charge is 0.303 e. The Balaban J connectivity index is 1.18. The van der Waals surface area contributed by atoms with Gasteiger partial charge in [-0.05, 0) is 75.4 Å². The van der Waals surface area contributed by atoms with Crippen LogP contribution >= 0.6 is 0 Å². The predicted molar refractivity (Wildman–Crippen MR) is 125 cm³/mol. The third-order valence-corrected chi connectivity index (χ3v) is 7.47. The molecule has 1 amide bonds. The summed E-state index contributed by atoms with van der Waals surface area (Å²) < 4.78 is 13.2. The number of amidine groups is 1. The number of rotatable bonds is 6. The van der Waals surface area contributed by atoms with Crippen LogP contribution in [0.3, 0.4) is 0 Å². The van der Waals surface area contributed by atoms with Gasteiger partial charge in [-0.2, -0.15) is 0 Å². The molecule has 0 aromatic heterocycles. The summed E-state index contributed by atoms with van der Waals surface area (Å²) in [6.07, 6.45) is 7.12. The van der Waals surface area contributed by atoms with E-state index in [0.29, 0.717) is 5.92 Å². The van der Waals surface area contributed by atoms with E-state index >= 15 is 0 Å². The number of likely N-dealkylation sites (tertiary alicyclic amines) is 1. The van der Waals surface area contributed by atoms with Crippen LogP contribution in [0.2, 0.25) is 0 Å². The van der Waals surface area contributed by atoms with Gasteiger partial charge in [-0.25, -0.2) is 4.39 Å². The molecular weight excluding hydrogens is 401 g/mol. The standard InChI is InChI=1S/C27H32FN3O/c28-24-11-9-21(10-12-24)22-13-19-30(20-14-22)17-6-18-31-25(23-7-2-1-3-8-23)29-27(26(31)32)15-4-5-16-27/h1-3,7-12,22H,4-6,13-20H2. The van der Waals surface area contributed by atoms with E-state index in [1.807, 2.05) is 35.2 Å². The predicted octanol–water partition coefficient (Wildman–Crippen LogP) is 5.00. The highest BCUT2D eigenvalue weighted by atomic mass is 19.1. The van der Waals surface area contributed by atoms with Gasteiger partial charge in [0.05, 0.1) is 0 Å². The van der Waals surface area contributed by atoms with Gasteiger partial charge in [-0.3, -0.25) is 14.7 Å². The van der Waals surface area contributed by atoms with Crippen LogP contribution in [0.15, 0.2) is 59.6 Å². The molecular formula is C27H32FN3O. The third-order valence-electron chi connectivity index (χ3n) is 7.47. The van der Waals surface area contributed by atoms with Crippen molar-refractivity contribution in [3.8, 4) is 0 Å². The first kappa shape index (κ1) is 21.3. The van der Waals surface area contributed by atoms with Gasteiger partial charge in [0.25, 0.3) is 5.91 Å². The quantitative estimate of drug-likeness (QED) is 0.643. The van der Waals surface area contributed by atoms with Crippen molar-refractivity contribution in [1.29, 1.82) is 0 Å². The molecule has 2 heterocycles. The van der Waals surface area contributed by atoms with Crippen molar-refractivity contribution in [2.45, 2.75) is 56.4 Å². The molecule has 2 aromatic carbocycles. The van der Waals surface area contributed by atoms with E-state index < -0.39 is 5.54 Å². The molecule has 1 spiro atoms. The third kappa shape index (κ3) is 4.23. The van der Waals surface area contributed by atoms with Gasteiger partial charge in [0.1, 0.15) is 17.2 Å². The van der Waals surface area contributed by atoms with Crippen molar-refractivity contribution in [2.75, 3.05) is 26.2 Å². The lowest BCUT2D eigenvalue weighted by molar-refractivity contribution is -0.131. The molecule has 4 nitrogen and oxygen atoms in total. The Morgan fingerprint density at radius 3 is 2.31 bits per heavy atom. The summed E-state index contributed by atoms with van der Waals surface area (Å²) in [5.74, 6) is 1.43. The molecule has 0 atom stereocenters. The van der Waals surface area contributed by atoms with Crippen molar-refractivity contribution < 1.29 is 9.18 Å². The van der Waals surface area contributed by atoms with E-state index in [4.69, 9.17) is 4.99 Å². The lowest BCUT2D eigenvalue weighted by Gasteiger charge is -2.32. The average molecular weight is 434 g/mol. The number of carbonyl (C=O) groups excluding carboxylic acids is 1. The number of piperidine rings is 1. The maximum atomic E-state index is 13.4. The highest BCUT2D eigenvalue weighted by Crippen LogP contribution is 2.40. The number of hydrogen-bond donors (Lipinski definition) is 0. The molecule has 0 bridgehead atoms. The summed E-state index contributed by atoms with van der Waals surface area (Å²) in [6.45, 7) is 3.83. The minimum Gasteiger partial charge on any atom is -0.303 e. The summed E-state index contributed by atoms with van der Waals surface area (Å²) in [4.78, 5) is 22.9. The number of hydrogen-bond acceptors (Lipinski definition) is 3. The monoisotopic (exact) mass is 433 g/mol. The zero-order valence-corrected chi connectivity index (χ0v) is 18.7. The van der Waals surface area contributed by atoms with Gasteiger partial charge in [0.2, 0.25) is 0 Å². The number of nitrogens with zero attached hydrogens (tertiary/aromatic N) is 3. The average Bonchev–Trinajstić information content (AvgIpc) is 3.41. The van der Waals surface area contributed by atoms with E-state index in [-0.39, 0.29) is 11.7 Å². The first-order valence-corrected chi connectivity index (χ1v) is 12.1. The van der Waals surface area contributed by atoms with Gasteiger partial charge in [-0.1, -0.05) is 55.3 Å². The molecule has 32 heavy (non-hydrogen) atoms. The van der Waals surface area contributed by atoms with E-state index in [0.717, 1.165) is 82.5 Å². The molecule has 0 unspecified atom stereocenters. The number of amides is 1. The lowest BCUT2D eigenvalue weighted by Crippen LogP contribution is -2.43. The second kappa shape index (κ2) is 9.14. The van der Waals surface area contributed by atoms with E-state index in [2.05, 4.69) is 17.0 Å². The Kier molecular flexibility index (Phi) is 6.09. The molecule has 3 aliphatic rings. The Morgan fingerprint density at radius 1 is 0.938 bits per heavy atom. The number of carbonyl (C=O) groups is 1. The fraction of sp³-hybridized carbons (Fsp3) is 0.481. The van der Waals surface area contributed by atoms with Gasteiger partial charge < -0.3 is 4.90 Å². The summed E-state index contributed by atoms with van der Waals surface area (Å²) in [5, 5.41) is 0. The maximum absolute atomic E-state index is 13.4. The molecule has 0 N–H and O–H groups in total. The summed E-state index contributed by atoms with van der Waals surface area (Å²) >= 11 is 0. The van der Waals surface area contributed by atoms with E-state index in [9.17, 15) is 9.18 Å². The first-order chi connectivity index (χ1) is 15.6. The Labute approximate surface area is 190 Å². The number of benzene rings is 2. The molecule has 2 aromatic rings. The van der Waals surface area contributed by atoms with Gasteiger partial charge in [0, 0.05) is 12.1 Å².